The lowest BCUT2D eigenvalue weighted by Crippen LogP contribution is -2.50. The predicted molar refractivity (Wildman–Crippen MR) is 113 cm³/mol. The monoisotopic (exact) mass is 407 g/mol. The van der Waals surface area contributed by atoms with Crippen molar-refractivity contribution in [2.45, 2.75) is 25.7 Å². The van der Waals surface area contributed by atoms with Gasteiger partial charge in [-0.2, -0.15) is 0 Å². The number of carbonyl (C=O) groups excluding carboxylic acids is 2. The van der Waals surface area contributed by atoms with Gasteiger partial charge in [-0.25, -0.2) is 0 Å². The van der Waals surface area contributed by atoms with Crippen molar-refractivity contribution in [3.63, 3.8) is 0 Å². The van der Waals surface area contributed by atoms with Gasteiger partial charge in [0, 0.05) is 40.8 Å². The average molecular weight is 408 g/mol. The molecule has 0 radical (unpaired) electrons. The van der Waals surface area contributed by atoms with Crippen LogP contribution >= 0.6 is 11.6 Å². The van der Waals surface area contributed by atoms with Crippen LogP contribution in [0.1, 0.15) is 36.0 Å². The molecule has 0 spiro atoms. The third-order valence-electron chi connectivity index (χ3n) is 5.06. The Bertz CT molecular complexity index is 714. The standard InChI is InChI=1S/C20H30ClN5O2/c1-22-19(25-14-20(10-6-7-11-20)18(28)26(2)3)24-13-12-23-17(27)15-8-4-5-9-16(15)21/h4-5,8-9H,6-7,10-14H2,1-3H3,(H,23,27)(H2,22,24,25). The number of amides is 2. The third kappa shape index (κ3) is 5.61. The number of aliphatic imine (C=N–C) groups is 1. The van der Waals surface area contributed by atoms with Crippen LogP contribution in [0, 0.1) is 5.41 Å². The van der Waals surface area contributed by atoms with E-state index in [0.29, 0.717) is 36.2 Å². The molecule has 1 saturated carbocycles. The first-order valence-corrected chi connectivity index (χ1v) is 9.96. The summed E-state index contributed by atoms with van der Waals surface area (Å²) in [5.74, 6) is 0.571. The Balaban J connectivity index is 1.79. The smallest absolute Gasteiger partial charge is 0.252 e. The van der Waals surface area contributed by atoms with E-state index in [2.05, 4.69) is 20.9 Å². The Hall–Kier alpha value is -2.28. The molecule has 0 unspecified atom stereocenters. The number of hydrogen-bond acceptors (Lipinski definition) is 3. The van der Waals surface area contributed by atoms with E-state index in [-0.39, 0.29) is 17.2 Å². The van der Waals surface area contributed by atoms with Crippen molar-refractivity contribution < 1.29 is 9.59 Å². The molecular weight excluding hydrogens is 378 g/mol. The van der Waals surface area contributed by atoms with E-state index in [1.807, 2.05) is 0 Å². The number of rotatable bonds is 7. The van der Waals surface area contributed by atoms with Crippen LogP contribution in [0.4, 0.5) is 0 Å². The second-order valence-electron chi connectivity index (χ2n) is 7.28. The minimum absolute atomic E-state index is 0.167. The Morgan fingerprint density at radius 3 is 2.36 bits per heavy atom. The van der Waals surface area contributed by atoms with E-state index in [1.165, 1.54) is 0 Å². The minimum Gasteiger partial charge on any atom is -0.355 e. The summed E-state index contributed by atoms with van der Waals surface area (Å²) in [4.78, 5) is 30.7. The molecule has 0 atom stereocenters. The second-order valence-corrected chi connectivity index (χ2v) is 7.68. The predicted octanol–water partition coefficient (Wildman–Crippen LogP) is 1.88. The lowest BCUT2D eigenvalue weighted by Gasteiger charge is -2.31. The number of benzene rings is 1. The second kappa shape index (κ2) is 10.3. The molecule has 1 aromatic rings. The van der Waals surface area contributed by atoms with E-state index in [4.69, 9.17) is 11.6 Å². The molecule has 1 aliphatic carbocycles. The molecule has 0 heterocycles. The number of nitrogens with one attached hydrogen (secondary N) is 3. The molecule has 154 valence electrons. The molecular formula is C20H30ClN5O2. The van der Waals surface area contributed by atoms with Gasteiger partial charge in [0.15, 0.2) is 5.96 Å². The first-order chi connectivity index (χ1) is 13.4. The number of hydrogen-bond donors (Lipinski definition) is 3. The number of nitrogens with zero attached hydrogens (tertiary/aromatic N) is 2. The van der Waals surface area contributed by atoms with Crippen LogP contribution in [0.2, 0.25) is 5.02 Å². The van der Waals surface area contributed by atoms with Crippen LogP contribution in [0.15, 0.2) is 29.3 Å². The maximum Gasteiger partial charge on any atom is 0.252 e. The lowest BCUT2D eigenvalue weighted by atomic mass is 9.84. The summed E-state index contributed by atoms with van der Waals surface area (Å²) in [5.41, 5.74) is 0.0939. The molecule has 1 aromatic carbocycles. The van der Waals surface area contributed by atoms with Gasteiger partial charge in [0.2, 0.25) is 5.91 Å². The van der Waals surface area contributed by atoms with E-state index in [1.54, 1.807) is 50.3 Å². The van der Waals surface area contributed by atoms with Crippen molar-refractivity contribution in [1.82, 2.24) is 20.9 Å². The third-order valence-corrected chi connectivity index (χ3v) is 5.39. The van der Waals surface area contributed by atoms with Crippen molar-refractivity contribution in [3.05, 3.63) is 34.9 Å². The van der Waals surface area contributed by atoms with Crippen molar-refractivity contribution in [1.29, 1.82) is 0 Å². The molecule has 1 aliphatic rings. The molecule has 1 fully saturated rings. The first-order valence-electron chi connectivity index (χ1n) is 9.58. The molecule has 0 saturated heterocycles. The van der Waals surface area contributed by atoms with Gasteiger partial charge in [-0.15, -0.1) is 0 Å². The molecule has 8 heteroatoms. The summed E-state index contributed by atoms with van der Waals surface area (Å²) in [6.07, 6.45) is 3.92. The maximum atomic E-state index is 12.6. The van der Waals surface area contributed by atoms with Crippen LogP contribution in [0.3, 0.4) is 0 Å². The van der Waals surface area contributed by atoms with Crippen molar-refractivity contribution in [2.24, 2.45) is 10.4 Å². The zero-order valence-electron chi connectivity index (χ0n) is 16.8. The van der Waals surface area contributed by atoms with E-state index >= 15 is 0 Å². The number of guanidine groups is 1. The molecule has 0 bridgehead atoms. The van der Waals surface area contributed by atoms with E-state index in [0.717, 1.165) is 25.7 Å². The Morgan fingerprint density at radius 2 is 1.75 bits per heavy atom. The maximum absolute atomic E-state index is 12.6. The van der Waals surface area contributed by atoms with Gasteiger partial charge in [0.25, 0.3) is 5.91 Å². The number of carbonyl (C=O) groups is 2. The Labute approximate surface area is 171 Å². The summed E-state index contributed by atoms with van der Waals surface area (Å²) in [7, 11) is 5.29. The normalized spacial score (nSPS) is 15.8. The topological polar surface area (TPSA) is 85.8 Å². The molecule has 0 aromatic heterocycles. The van der Waals surface area contributed by atoms with E-state index < -0.39 is 0 Å². The molecule has 28 heavy (non-hydrogen) atoms. The largest absolute Gasteiger partial charge is 0.355 e. The molecule has 3 N–H and O–H groups in total. The minimum atomic E-state index is -0.362. The summed E-state index contributed by atoms with van der Waals surface area (Å²) in [5, 5.41) is 9.70. The molecule has 2 rings (SSSR count). The summed E-state index contributed by atoms with van der Waals surface area (Å²) in [6.45, 7) is 1.48. The van der Waals surface area contributed by atoms with Gasteiger partial charge in [0.1, 0.15) is 0 Å². The van der Waals surface area contributed by atoms with Gasteiger partial charge in [-0.3, -0.25) is 14.6 Å². The highest BCUT2D eigenvalue weighted by Gasteiger charge is 2.42. The van der Waals surface area contributed by atoms with Crippen molar-refractivity contribution in [3.8, 4) is 0 Å². The summed E-state index contributed by atoms with van der Waals surface area (Å²) in [6, 6.07) is 6.94. The number of halogens is 1. The highest BCUT2D eigenvalue weighted by molar-refractivity contribution is 6.33. The first kappa shape index (κ1) is 22.0. The quantitative estimate of drug-likeness (QED) is 0.366. The highest BCUT2D eigenvalue weighted by atomic mass is 35.5. The van der Waals surface area contributed by atoms with Crippen molar-refractivity contribution >= 4 is 29.4 Å². The fraction of sp³-hybridized carbons (Fsp3) is 0.550. The Kier molecular flexibility index (Phi) is 8.11. The SMILES string of the molecule is CN=C(NCCNC(=O)c1ccccc1Cl)NCC1(C(=O)N(C)C)CCCC1. The zero-order valence-corrected chi connectivity index (χ0v) is 17.6. The molecule has 2 amide bonds. The fourth-order valence-electron chi connectivity index (χ4n) is 3.56. The van der Waals surface area contributed by atoms with Crippen LogP contribution in [-0.2, 0) is 4.79 Å². The van der Waals surface area contributed by atoms with Crippen LogP contribution < -0.4 is 16.0 Å². The highest BCUT2D eigenvalue weighted by Crippen LogP contribution is 2.38. The summed E-state index contributed by atoms with van der Waals surface area (Å²) >= 11 is 6.03. The van der Waals surface area contributed by atoms with Gasteiger partial charge in [-0.05, 0) is 25.0 Å². The molecule has 7 nitrogen and oxygen atoms in total. The van der Waals surface area contributed by atoms with Crippen LogP contribution in [-0.4, -0.2) is 63.5 Å². The average Bonchev–Trinajstić information content (AvgIpc) is 3.17. The van der Waals surface area contributed by atoms with Gasteiger partial charge >= 0.3 is 0 Å². The van der Waals surface area contributed by atoms with E-state index in [9.17, 15) is 9.59 Å². The molecule has 0 aliphatic heterocycles. The van der Waals surface area contributed by atoms with Crippen molar-refractivity contribution in [2.75, 3.05) is 40.8 Å². The fourth-order valence-corrected chi connectivity index (χ4v) is 3.78. The van der Waals surface area contributed by atoms with Crippen LogP contribution in [0.5, 0.6) is 0 Å². The van der Waals surface area contributed by atoms with Crippen LogP contribution in [0.25, 0.3) is 0 Å². The zero-order chi connectivity index (χ0) is 20.6. The van der Waals surface area contributed by atoms with Gasteiger partial charge in [0.05, 0.1) is 16.0 Å². The Morgan fingerprint density at radius 1 is 1.11 bits per heavy atom. The van der Waals surface area contributed by atoms with Gasteiger partial charge < -0.3 is 20.9 Å². The lowest BCUT2D eigenvalue weighted by molar-refractivity contribution is -0.138. The van der Waals surface area contributed by atoms with Gasteiger partial charge in [-0.1, -0.05) is 36.6 Å². The summed E-state index contributed by atoms with van der Waals surface area (Å²) < 4.78 is 0.